The third-order valence-corrected chi connectivity index (χ3v) is 6.90. The molecule has 0 unspecified atom stereocenters. The van der Waals surface area contributed by atoms with Crippen molar-refractivity contribution in [2.45, 2.75) is 23.6 Å². The van der Waals surface area contributed by atoms with Crippen LogP contribution in [0.3, 0.4) is 0 Å². The molecule has 33 heavy (non-hydrogen) atoms. The van der Waals surface area contributed by atoms with E-state index >= 15 is 0 Å². The highest BCUT2D eigenvalue weighted by Crippen LogP contribution is 2.40. The van der Waals surface area contributed by atoms with Crippen LogP contribution in [0.25, 0.3) is 33.8 Å². The Hall–Kier alpha value is -3.83. The van der Waals surface area contributed by atoms with Crippen LogP contribution >= 0.6 is 11.8 Å². The lowest BCUT2D eigenvalue weighted by atomic mass is 10.2. The van der Waals surface area contributed by atoms with Gasteiger partial charge in [-0.3, -0.25) is 0 Å². The van der Waals surface area contributed by atoms with Crippen molar-refractivity contribution in [2.75, 3.05) is 0 Å². The highest BCUT2D eigenvalue weighted by Gasteiger charge is 2.14. The number of aryl methyl sites for hydroxylation is 2. The van der Waals surface area contributed by atoms with E-state index in [0.29, 0.717) is 0 Å². The fraction of sp³-hybridized carbons (Fsp3) is 0.0714. The molecular formula is C28H22N4S. The van der Waals surface area contributed by atoms with E-state index in [0.717, 1.165) is 33.8 Å². The fourth-order valence-corrected chi connectivity index (χ4v) is 5.21. The van der Waals surface area contributed by atoms with Crippen molar-refractivity contribution in [3.63, 3.8) is 0 Å². The molecule has 0 fully saturated rings. The van der Waals surface area contributed by atoms with Crippen LogP contribution in [0, 0.1) is 13.8 Å². The highest BCUT2D eigenvalue weighted by atomic mass is 32.2. The van der Waals surface area contributed by atoms with Gasteiger partial charge in [-0.15, -0.1) is 0 Å². The minimum Gasteiger partial charge on any atom is -0.306 e. The van der Waals surface area contributed by atoms with E-state index in [1.165, 1.54) is 20.9 Å². The number of pyridine rings is 2. The largest absolute Gasteiger partial charge is 0.306 e. The zero-order valence-corrected chi connectivity index (χ0v) is 19.3. The maximum absolute atomic E-state index is 4.88. The molecule has 160 valence electrons. The van der Waals surface area contributed by atoms with Crippen LogP contribution in [-0.2, 0) is 0 Å². The zero-order chi connectivity index (χ0) is 22.4. The smallest absolute Gasteiger partial charge is 0.137 e. The van der Waals surface area contributed by atoms with E-state index in [2.05, 4.69) is 120 Å². The van der Waals surface area contributed by atoms with Crippen LogP contribution in [0.15, 0.2) is 107 Å². The predicted octanol–water partition coefficient (Wildman–Crippen LogP) is 7.08. The van der Waals surface area contributed by atoms with Gasteiger partial charge in [0.1, 0.15) is 11.3 Å². The summed E-state index contributed by atoms with van der Waals surface area (Å²) in [5.41, 5.74) is 8.55. The van der Waals surface area contributed by atoms with Crippen LogP contribution in [0.4, 0.5) is 0 Å². The first-order chi connectivity index (χ1) is 16.1. The molecule has 4 nitrogen and oxygen atoms in total. The van der Waals surface area contributed by atoms with Crippen molar-refractivity contribution >= 4 is 23.1 Å². The van der Waals surface area contributed by atoms with E-state index in [-0.39, 0.29) is 0 Å². The Kier molecular flexibility index (Phi) is 4.77. The van der Waals surface area contributed by atoms with Crippen molar-refractivity contribution in [3.8, 4) is 22.5 Å². The Morgan fingerprint density at radius 2 is 1.00 bits per heavy atom. The molecule has 0 saturated carbocycles. The normalized spacial score (nSPS) is 11.5. The molecule has 0 N–H and O–H groups in total. The van der Waals surface area contributed by atoms with Crippen molar-refractivity contribution in [2.24, 2.45) is 0 Å². The van der Waals surface area contributed by atoms with Gasteiger partial charge in [0.05, 0.1) is 11.4 Å². The van der Waals surface area contributed by atoms with Crippen molar-refractivity contribution in [1.82, 2.24) is 18.8 Å². The minimum atomic E-state index is 0.954. The SMILES string of the molecule is Cc1ccc2nc(-c3ccccc3Sc3ccccc3-c3cn4cc(C)ccc4n3)cn2c1. The van der Waals surface area contributed by atoms with Crippen molar-refractivity contribution < 1.29 is 0 Å². The lowest BCUT2D eigenvalue weighted by molar-refractivity contribution is 1.16. The van der Waals surface area contributed by atoms with Gasteiger partial charge in [-0.2, -0.15) is 0 Å². The standard InChI is InChI=1S/C28H22N4S/c1-19-11-13-27-29-23(17-31(27)15-19)21-7-3-5-9-25(21)33-26-10-6-4-8-22(26)24-18-32-16-20(2)12-14-28(32)30-24/h3-18H,1-2H3. The summed E-state index contributed by atoms with van der Waals surface area (Å²) >= 11 is 1.76. The monoisotopic (exact) mass is 446 g/mol. The number of hydrogen-bond donors (Lipinski definition) is 0. The number of rotatable bonds is 4. The van der Waals surface area contributed by atoms with Gasteiger partial charge in [0.25, 0.3) is 0 Å². The number of aromatic nitrogens is 4. The summed E-state index contributed by atoms with van der Waals surface area (Å²) in [6.07, 6.45) is 8.44. The molecule has 0 atom stereocenters. The van der Waals surface area contributed by atoms with Crippen molar-refractivity contribution in [1.29, 1.82) is 0 Å². The molecule has 0 aliphatic carbocycles. The first-order valence-corrected chi connectivity index (χ1v) is 11.7. The molecule has 4 heterocycles. The topological polar surface area (TPSA) is 34.6 Å². The first-order valence-electron chi connectivity index (χ1n) is 10.9. The molecule has 5 heteroatoms. The second kappa shape index (κ2) is 7.94. The third-order valence-electron chi connectivity index (χ3n) is 5.74. The van der Waals surface area contributed by atoms with Crippen LogP contribution in [0.2, 0.25) is 0 Å². The quantitative estimate of drug-likeness (QED) is 0.290. The second-order valence-electron chi connectivity index (χ2n) is 8.29. The summed E-state index contributed by atoms with van der Waals surface area (Å²) < 4.78 is 4.19. The molecular weight excluding hydrogens is 424 g/mol. The zero-order valence-electron chi connectivity index (χ0n) is 18.4. The Morgan fingerprint density at radius 3 is 1.48 bits per heavy atom. The van der Waals surface area contributed by atoms with Gasteiger partial charge in [0, 0.05) is 45.7 Å². The lowest BCUT2D eigenvalue weighted by Crippen LogP contribution is -1.86. The van der Waals surface area contributed by atoms with Gasteiger partial charge in [0.15, 0.2) is 0 Å². The van der Waals surface area contributed by atoms with E-state index < -0.39 is 0 Å². The molecule has 6 rings (SSSR count). The minimum absolute atomic E-state index is 0.954. The summed E-state index contributed by atoms with van der Waals surface area (Å²) in [6.45, 7) is 4.20. The average Bonchev–Trinajstić information content (AvgIpc) is 3.43. The third kappa shape index (κ3) is 3.70. The van der Waals surface area contributed by atoms with E-state index in [9.17, 15) is 0 Å². The number of fused-ring (bicyclic) bond motifs is 2. The Bertz CT molecular complexity index is 1500. The Balaban J connectivity index is 1.42. The van der Waals surface area contributed by atoms with Gasteiger partial charge in [-0.1, -0.05) is 60.3 Å². The van der Waals surface area contributed by atoms with Gasteiger partial charge >= 0.3 is 0 Å². The van der Waals surface area contributed by atoms with Crippen LogP contribution in [0.5, 0.6) is 0 Å². The number of benzene rings is 2. The summed E-state index contributed by atoms with van der Waals surface area (Å²) in [7, 11) is 0. The molecule has 0 amide bonds. The van der Waals surface area contributed by atoms with Crippen LogP contribution in [0.1, 0.15) is 11.1 Å². The molecule has 0 aliphatic heterocycles. The molecule has 2 aromatic carbocycles. The summed E-state index contributed by atoms with van der Waals surface area (Å²) in [5, 5.41) is 0. The molecule has 0 radical (unpaired) electrons. The average molecular weight is 447 g/mol. The summed E-state index contributed by atoms with van der Waals surface area (Å²) in [4.78, 5) is 12.1. The maximum Gasteiger partial charge on any atom is 0.137 e. The molecule has 4 aromatic heterocycles. The second-order valence-corrected chi connectivity index (χ2v) is 9.37. The lowest BCUT2D eigenvalue weighted by Gasteiger charge is -2.10. The summed E-state index contributed by atoms with van der Waals surface area (Å²) in [6, 6.07) is 25.3. The van der Waals surface area contributed by atoms with Crippen LogP contribution in [-0.4, -0.2) is 18.8 Å². The molecule has 0 bridgehead atoms. The number of nitrogens with zero attached hydrogens (tertiary/aromatic N) is 4. The molecule has 0 saturated heterocycles. The van der Waals surface area contributed by atoms with Gasteiger partial charge in [-0.25, -0.2) is 9.97 Å². The van der Waals surface area contributed by atoms with Gasteiger partial charge in [0.2, 0.25) is 0 Å². The Labute approximate surface area is 196 Å². The first kappa shape index (κ1) is 19.8. The molecule has 0 spiro atoms. The molecule has 0 aliphatic rings. The number of imidazole rings is 2. The van der Waals surface area contributed by atoms with Gasteiger partial charge < -0.3 is 8.80 Å². The fourth-order valence-electron chi connectivity index (χ4n) is 4.12. The summed E-state index contributed by atoms with van der Waals surface area (Å²) in [5.74, 6) is 0. The van der Waals surface area contributed by atoms with Crippen molar-refractivity contribution in [3.05, 3.63) is 109 Å². The van der Waals surface area contributed by atoms with Crippen LogP contribution < -0.4 is 0 Å². The highest BCUT2D eigenvalue weighted by molar-refractivity contribution is 7.99. The van der Waals surface area contributed by atoms with E-state index in [1.807, 2.05) is 0 Å². The van der Waals surface area contributed by atoms with E-state index in [4.69, 9.17) is 9.97 Å². The molecule has 6 aromatic rings. The maximum atomic E-state index is 4.88. The Morgan fingerprint density at radius 1 is 0.545 bits per heavy atom. The predicted molar refractivity (Wildman–Crippen MR) is 135 cm³/mol. The number of hydrogen-bond acceptors (Lipinski definition) is 3. The van der Waals surface area contributed by atoms with E-state index in [1.54, 1.807) is 11.8 Å². The van der Waals surface area contributed by atoms with Gasteiger partial charge in [-0.05, 0) is 49.2 Å².